The summed E-state index contributed by atoms with van der Waals surface area (Å²) in [6, 6.07) is 8.62. The molecule has 1 heterocycles. The Morgan fingerprint density at radius 3 is 2.72 bits per heavy atom. The highest BCUT2D eigenvalue weighted by Crippen LogP contribution is 2.35. The Labute approximate surface area is 110 Å². The number of thiazole rings is 1. The number of benzene rings is 1. The molecule has 0 aliphatic rings. The summed E-state index contributed by atoms with van der Waals surface area (Å²) < 4.78 is 13.2. The van der Waals surface area contributed by atoms with Crippen molar-refractivity contribution in [3.63, 3.8) is 0 Å². The van der Waals surface area contributed by atoms with E-state index < -0.39 is 5.41 Å². The molecule has 0 atom stereocenters. The summed E-state index contributed by atoms with van der Waals surface area (Å²) >= 11 is 1.45. The van der Waals surface area contributed by atoms with E-state index in [2.05, 4.69) is 11.1 Å². The van der Waals surface area contributed by atoms with Crippen molar-refractivity contribution in [2.24, 2.45) is 0 Å². The number of hydrogen-bond donors (Lipinski definition) is 0. The van der Waals surface area contributed by atoms with Crippen LogP contribution in [0.3, 0.4) is 0 Å². The molecule has 0 bridgehead atoms. The minimum atomic E-state index is -0.562. The van der Waals surface area contributed by atoms with Gasteiger partial charge in [-0.05, 0) is 32.9 Å². The van der Waals surface area contributed by atoms with Gasteiger partial charge in [-0.15, -0.1) is 11.3 Å². The van der Waals surface area contributed by atoms with Gasteiger partial charge in [-0.25, -0.2) is 9.37 Å². The first-order valence-corrected chi connectivity index (χ1v) is 6.41. The summed E-state index contributed by atoms with van der Waals surface area (Å²) in [6.45, 7) is 5.61. The number of halogens is 1. The van der Waals surface area contributed by atoms with Crippen LogP contribution in [0.1, 0.15) is 24.4 Å². The summed E-state index contributed by atoms with van der Waals surface area (Å²) in [5.41, 5.74) is 1.03. The zero-order chi connectivity index (χ0) is 13.3. The maximum atomic E-state index is 13.2. The molecule has 0 amide bonds. The molecule has 2 nitrogen and oxygen atoms in total. The standard InChI is InChI=1S/C14H13FN2S/c1-9-12(14(2,3)8-16)18-13(17-9)10-5-4-6-11(15)7-10/h4-7H,1-3H3. The molecular weight excluding hydrogens is 247 g/mol. The number of aromatic nitrogens is 1. The summed E-state index contributed by atoms with van der Waals surface area (Å²) in [4.78, 5) is 5.37. The van der Waals surface area contributed by atoms with Gasteiger partial charge in [0, 0.05) is 10.4 Å². The second-order valence-electron chi connectivity index (χ2n) is 4.68. The maximum absolute atomic E-state index is 13.2. The average molecular weight is 260 g/mol. The minimum absolute atomic E-state index is 0.276. The highest BCUT2D eigenvalue weighted by atomic mass is 32.1. The van der Waals surface area contributed by atoms with Gasteiger partial charge in [-0.3, -0.25) is 0 Å². The SMILES string of the molecule is Cc1nc(-c2cccc(F)c2)sc1C(C)(C)C#N. The molecule has 92 valence electrons. The summed E-state index contributed by atoms with van der Waals surface area (Å²) in [5.74, 6) is -0.276. The van der Waals surface area contributed by atoms with Crippen molar-refractivity contribution in [2.45, 2.75) is 26.2 Å². The third-order valence-corrected chi connectivity index (χ3v) is 4.25. The monoisotopic (exact) mass is 260 g/mol. The molecular formula is C14H13FN2S. The second-order valence-corrected chi connectivity index (χ2v) is 5.68. The van der Waals surface area contributed by atoms with Crippen LogP contribution < -0.4 is 0 Å². The number of hydrogen-bond acceptors (Lipinski definition) is 3. The first kappa shape index (κ1) is 12.7. The van der Waals surface area contributed by atoms with Crippen molar-refractivity contribution < 1.29 is 4.39 Å². The van der Waals surface area contributed by atoms with E-state index >= 15 is 0 Å². The molecule has 0 fully saturated rings. The smallest absolute Gasteiger partial charge is 0.124 e. The lowest BCUT2D eigenvalue weighted by Gasteiger charge is -2.12. The number of nitrogens with zero attached hydrogens (tertiary/aromatic N) is 2. The predicted molar refractivity (Wildman–Crippen MR) is 70.9 cm³/mol. The largest absolute Gasteiger partial charge is 0.241 e. The van der Waals surface area contributed by atoms with E-state index in [4.69, 9.17) is 5.26 Å². The fourth-order valence-corrected chi connectivity index (χ4v) is 2.89. The topological polar surface area (TPSA) is 36.7 Å². The van der Waals surface area contributed by atoms with Gasteiger partial charge in [0.25, 0.3) is 0 Å². The summed E-state index contributed by atoms with van der Waals surface area (Å²) in [7, 11) is 0. The fourth-order valence-electron chi connectivity index (χ4n) is 1.77. The Bertz CT molecular complexity index is 623. The summed E-state index contributed by atoms with van der Waals surface area (Å²) in [6.07, 6.45) is 0. The summed E-state index contributed by atoms with van der Waals surface area (Å²) in [5, 5.41) is 9.92. The van der Waals surface area contributed by atoms with Crippen LogP contribution in [0.5, 0.6) is 0 Å². The van der Waals surface area contributed by atoms with E-state index in [0.717, 1.165) is 21.1 Å². The molecule has 0 unspecified atom stereocenters. The zero-order valence-electron chi connectivity index (χ0n) is 10.5. The van der Waals surface area contributed by atoms with Gasteiger partial charge in [-0.2, -0.15) is 5.26 Å². The van der Waals surface area contributed by atoms with E-state index in [9.17, 15) is 4.39 Å². The first-order chi connectivity index (χ1) is 8.44. The van der Waals surface area contributed by atoms with Crippen molar-refractivity contribution >= 4 is 11.3 Å². The molecule has 0 radical (unpaired) electrons. The van der Waals surface area contributed by atoms with Crippen LogP contribution in [0.25, 0.3) is 10.6 Å². The predicted octanol–water partition coefficient (Wildman–Crippen LogP) is 4.06. The van der Waals surface area contributed by atoms with E-state index in [1.165, 1.54) is 23.5 Å². The molecule has 2 rings (SSSR count). The van der Waals surface area contributed by atoms with E-state index in [-0.39, 0.29) is 5.82 Å². The number of nitriles is 1. The van der Waals surface area contributed by atoms with Crippen molar-refractivity contribution in [2.75, 3.05) is 0 Å². The average Bonchev–Trinajstić information content (AvgIpc) is 2.72. The molecule has 0 aliphatic heterocycles. The molecule has 1 aromatic heterocycles. The highest BCUT2D eigenvalue weighted by molar-refractivity contribution is 7.15. The molecule has 4 heteroatoms. The molecule has 0 N–H and O–H groups in total. The van der Waals surface area contributed by atoms with Crippen molar-refractivity contribution in [1.29, 1.82) is 5.26 Å². The van der Waals surface area contributed by atoms with Crippen LogP contribution in [-0.4, -0.2) is 4.98 Å². The molecule has 0 saturated carbocycles. The van der Waals surface area contributed by atoms with Crippen LogP contribution in [-0.2, 0) is 5.41 Å². The Morgan fingerprint density at radius 2 is 2.11 bits per heavy atom. The maximum Gasteiger partial charge on any atom is 0.124 e. The molecule has 0 spiro atoms. The van der Waals surface area contributed by atoms with Crippen LogP contribution in [0, 0.1) is 24.1 Å². The van der Waals surface area contributed by atoms with E-state index in [0.29, 0.717) is 0 Å². The second kappa shape index (κ2) is 4.51. The van der Waals surface area contributed by atoms with Gasteiger partial charge in [0.05, 0.1) is 17.2 Å². The zero-order valence-corrected chi connectivity index (χ0v) is 11.3. The molecule has 18 heavy (non-hydrogen) atoms. The van der Waals surface area contributed by atoms with Gasteiger partial charge in [0.15, 0.2) is 0 Å². The van der Waals surface area contributed by atoms with Gasteiger partial charge in [-0.1, -0.05) is 12.1 Å². The number of rotatable bonds is 2. The lowest BCUT2D eigenvalue weighted by atomic mass is 9.93. The van der Waals surface area contributed by atoms with Gasteiger partial charge >= 0.3 is 0 Å². The quantitative estimate of drug-likeness (QED) is 0.816. The van der Waals surface area contributed by atoms with Crippen LogP contribution in [0.2, 0.25) is 0 Å². The van der Waals surface area contributed by atoms with Crippen LogP contribution >= 0.6 is 11.3 Å². The normalized spacial score (nSPS) is 11.3. The third kappa shape index (κ3) is 2.27. The highest BCUT2D eigenvalue weighted by Gasteiger charge is 2.26. The number of aryl methyl sites for hydroxylation is 1. The van der Waals surface area contributed by atoms with Gasteiger partial charge < -0.3 is 0 Å². The fraction of sp³-hybridized carbons (Fsp3) is 0.286. The van der Waals surface area contributed by atoms with E-state index in [1.54, 1.807) is 6.07 Å². The lowest BCUT2D eigenvalue weighted by molar-refractivity contribution is 0.628. The Morgan fingerprint density at radius 1 is 1.39 bits per heavy atom. The Kier molecular flexibility index (Phi) is 3.18. The lowest BCUT2D eigenvalue weighted by Crippen LogP contribution is -2.13. The van der Waals surface area contributed by atoms with Crippen LogP contribution in [0.4, 0.5) is 4.39 Å². The Hall–Kier alpha value is -1.73. The van der Waals surface area contributed by atoms with Crippen molar-refractivity contribution in [1.82, 2.24) is 4.98 Å². The van der Waals surface area contributed by atoms with Gasteiger partial charge in [0.2, 0.25) is 0 Å². The molecule has 0 saturated heterocycles. The molecule has 1 aromatic carbocycles. The van der Waals surface area contributed by atoms with E-state index in [1.807, 2.05) is 26.8 Å². The first-order valence-electron chi connectivity index (χ1n) is 5.59. The van der Waals surface area contributed by atoms with Crippen LogP contribution in [0.15, 0.2) is 24.3 Å². The minimum Gasteiger partial charge on any atom is -0.241 e. The Balaban J connectivity index is 2.51. The third-order valence-electron chi connectivity index (χ3n) is 2.72. The van der Waals surface area contributed by atoms with Crippen molar-refractivity contribution in [3.8, 4) is 16.6 Å². The molecule has 0 aliphatic carbocycles. The van der Waals surface area contributed by atoms with Gasteiger partial charge in [0.1, 0.15) is 10.8 Å². The van der Waals surface area contributed by atoms with Crippen molar-refractivity contribution in [3.05, 3.63) is 40.7 Å². The molecule has 2 aromatic rings.